The molecule has 3 heterocycles. The van der Waals surface area contributed by atoms with Gasteiger partial charge in [-0.3, -0.25) is 4.98 Å². The largest absolute Gasteiger partial charge is 0.394 e. The molecule has 4 aromatic rings. The van der Waals surface area contributed by atoms with Crippen LogP contribution in [-0.2, 0) is 0 Å². The number of nitrogens with one attached hydrogen (secondary N) is 1. The molecule has 1 unspecified atom stereocenters. The van der Waals surface area contributed by atoms with E-state index in [4.69, 9.17) is 11.6 Å². The zero-order valence-electron chi connectivity index (χ0n) is 13.0. The summed E-state index contributed by atoms with van der Waals surface area (Å²) in [6, 6.07) is 10.9. The summed E-state index contributed by atoms with van der Waals surface area (Å²) in [6.45, 7) is -0.0511. The smallest absolute Gasteiger partial charge is 0.214 e. The topological polar surface area (TPSA) is 75.3 Å². The Kier molecular flexibility index (Phi) is 4.35. The van der Waals surface area contributed by atoms with Crippen LogP contribution in [0, 0.1) is 0 Å². The second-order valence-corrected chi connectivity index (χ2v) is 6.83. The van der Waals surface area contributed by atoms with Crippen molar-refractivity contribution in [2.75, 3.05) is 11.9 Å². The molecule has 0 saturated carbocycles. The molecule has 0 saturated heterocycles. The Morgan fingerprint density at radius 3 is 2.76 bits per heavy atom. The minimum atomic E-state index is -0.258. The van der Waals surface area contributed by atoms with Crippen molar-refractivity contribution in [2.45, 2.75) is 6.04 Å². The van der Waals surface area contributed by atoms with Gasteiger partial charge in [-0.05, 0) is 29.8 Å². The molecular formula is C17H14ClN5OS. The van der Waals surface area contributed by atoms with Gasteiger partial charge in [0.05, 0.1) is 24.5 Å². The molecule has 126 valence electrons. The Hall–Kier alpha value is -2.48. The highest BCUT2D eigenvalue weighted by atomic mass is 35.5. The quantitative estimate of drug-likeness (QED) is 0.560. The fraction of sp³-hybridized carbons (Fsp3) is 0.118. The third-order valence-corrected chi connectivity index (χ3v) is 4.86. The van der Waals surface area contributed by atoms with Gasteiger partial charge < -0.3 is 10.4 Å². The fourth-order valence-corrected chi connectivity index (χ4v) is 3.45. The molecule has 25 heavy (non-hydrogen) atoms. The molecule has 0 amide bonds. The zero-order chi connectivity index (χ0) is 17.2. The van der Waals surface area contributed by atoms with Crippen molar-refractivity contribution in [3.8, 4) is 11.3 Å². The number of aliphatic hydroxyl groups excluding tert-OH is 1. The van der Waals surface area contributed by atoms with Gasteiger partial charge in [-0.15, -0.1) is 5.10 Å². The maximum atomic E-state index is 9.68. The predicted octanol–water partition coefficient (Wildman–Crippen LogP) is 3.65. The summed E-state index contributed by atoms with van der Waals surface area (Å²) in [5.41, 5.74) is 2.72. The molecule has 0 aliphatic heterocycles. The molecule has 2 N–H and O–H groups in total. The highest BCUT2D eigenvalue weighted by Gasteiger charge is 2.15. The lowest BCUT2D eigenvalue weighted by atomic mass is 10.1. The number of benzene rings is 1. The van der Waals surface area contributed by atoms with Crippen molar-refractivity contribution < 1.29 is 5.11 Å². The molecule has 0 radical (unpaired) electrons. The Balaban J connectivity index is 1.57. The van der Waals surface area contributed by atoms with Crippen LogP contribution in [0.5, 0.6) is 0 Å². The minimum absolute atomic E-state index is 0.0511. The van der Waals surface area contributed by atoms with Gasteiger partial charge in [-0.25, -0.2) is 9.50 Å². The first-order valence-electron chi connectivity index (χ1n) is 7.62. The maximum absolute atomic E-state index is 9.68. The summed E-state index contributed by atoms with van der Waals surface area (Å²) < 4.78 is 1.73. The summed E-state index contributed by atoms with van der Waals surface area (Å²) in [5, 5.41) is 18.8. The average Bonchev–Trinajstić information content (AvgIpc) is 3.20. The molecule has 0 bridgehead atoms. The lowest BCUT2D eigenvalue weighted by Gasteiger charge is -2.15. The van der Waals surface area contributed by atoms with E-state index in [1.165, 1.54) is 11.3 Å². The van der Waals surface area contributed by atoms with E-state index in [1.54, 1.807) is 29.0 Å². The Morgan fingerprint density at radius 2 is 2.08 bits per heavy atom. The summed E-state index contributed by atoms with van der Waals surface area (Å²) in [6.07, 6.45) is 5.37. The highest BCUT2D eigenvalue weighted by Crippen LogP contribution is 2.27. The number of aliphatic hydroxyl groups is 1. The SMILES string of the molecule is OCC(Nc1nn2cc(-c3cccnc3)nc2s1)c1ccc(Cl)cc1. The summed E-state index contributed by atoms with van der Waals surface area (Å²) in [4.78, 5) is 9.46. The van der Waals surface area contributed by atoms with Crippen LogP contribution >= 0.6 is 22.9 Å². The monoisotopic (exact) mass is 371 g/mol. The summed E-state index contributed by atoms with van der Waals surface area (Å²) >= 11 is 7.34. The number of imidazole rings is 1. The van der Waals surface area contributed by atoms with E-state index < -0.39 is 0 Å². The number of aromatic nitrogens is 4. The van der Waals surface area contributed by atoms with Crippen LogP contribution in [0.3, 0.4) is 0 Å². The Morgan fingerprint density at radius 1 is 1.24 bits per heavy atom. The first-order chi connectivity index (χ1) is 12.2. The van der Waals surface area contributed by atoms with Gasteiger partial charge in [0.15, 0.2) is 0 Å². The van der Waals surface area contributed by atoms with Gasteiger partial charge in [0.2, 0.25) is 10.1 Å². The highest BCUT2D eigenvalue weighted by molar-refractivity contribution is 7.20. The van der Waals surface area contributed by atoms with E-state index in [2.05, 4.69) is 20.4 Å². The van der Waals surface area contributed by atoms with Crippen LogP contribution in [0.25, 0.3) is 16.2 Å². The number of pyridine rings is 1. The predicted molar refractivity (Wildman–Crippen MR) is 99.0 cm³/mol. The molecule has 3 aromatic heterocycles. The molecule has 1 aromatic carbocycles. The van der Waals surface area contributed by atoms with E-state index in [0.29, 0.717) is 10.2 Å². The average molecular weight is 372 g/mol. The third kappa shape index (κ3) is 3.34. The normalized spacial score (nSPS) is 12.4. The van der Waals surface area contributed by atoms with Crippen LogP contribution < -0.4 is 5.32 Å². The van der Waals surface area contributed by atoms with Gasteiger partial charge in [0.25, 0.3) is 0 Å². The zero-order valence-corrected chi connectivity index (χ0v) is 14.6. The minimum Gasteiger partial charge on any atom is -0.394 e. The molecule has 0 aliphatic rings. The standard InChI is InChI=1S/C17H14ClN5OS/c18-13-5-3-11(4-6-13)15(10-24)20-16-22-23-9-14(21-17(23)25-16)12-2-1-7-19-8-12/h1-9,15,24H,10H2,(H,20,22). The Bertz CT molecular complexity index is 952. The first-order valence-corrected chi connectivity index (χ1v) is 8.82. The van der Waals surface area contributed by atoms with Crippen molar-refractivity contribution in [3.05, 3.63) is 65.6 Å². The molecule has 6 nitrogen and oxygen atoms in total. The van der Waals surface area contributed by atoms with Crippen LogP contribution in [-0.4, -0.2) is 31.3 Å². The molecule has 8 heteroatoms. The number of hydrogen-bond acceptors (Lipinski definition) is 6. The maximum Gasteiger partial charge on any atom is 0.214 e. The van der Waals surface area contributed by atoms with Gasteiger partial charge in [-0.2, -0.15) is 0 Å². The molecule has 4 rings (SSSR count). The lowest BCUT2D eigenvalue weighted by molar-refractivity contribution is 0.276. The number of anilines is 1. The van der Waals surface area contributed by atoms with E-state index in [0.717, 1.165) is 21.8 Å². The third-order valence-electron chi connectivity index (χ3n) is 3.75. The van der Waals surface area contributed by atoms with Crippen molar-refractivity contribution in [3.63, 3.8) is 0 Å². The molecular weight excluding hydrogens is 358 g/mol. The van der Waals surface area contributed by atoms with Crippen LogP contribution in [0.15, 0.2) is 55.0 Å². The van der Waals surface area contributed by atoms with Gasteiger partial charge in [-0.1, -0.05) is 35.1 Å². The molecule has 0 spiro atoms. The van der Waals surface area contributed by atoms with Crippen molar-refractivity contribution in [2.24, 2.45) is 0 Å². The fourth-order valence-electron chi connectivity index (χ4n) is 2.49. The van der Waals surface area contributed by atoms with E-state index in [9.17, 15) is 5.11 Å². The summed E-state index contributed by atoms with van der Waals surface area (Å²) in [5.74, 6) is 0. The van der Waals surface area contributed by atoms with Crippen molar-refractivity contribution in [1.29, 1.82) is 0 Å². The summed E-state index contributed by atoms with van der Waals surface area (Å²) in [7, 11) is 0. The number of nitrogens with zero attached hydrogens (tertiary/aromatic N) is 4. The van der Waals surface area contributed by atoms with Crippen molar-refractivity contribution in [1.82, 2.24) is 19.6 Å². The number of fused-ring (bicyclic) bond motifs is 1. The first kappa shape index (κ1) is 16.0. The number of halogens is 1. The van der Waals surface area contributed by atoms with Crippen molar-refractivity contribution >= 4 is 33.0 Å². The van der Waals surface area contributed by atoms with E-state index in [1.807, 2.05) is 30.5 Å². The van der Waals surface area contributed by atoms with Crippen LogP contribution in [0.4, 0.5) is 5.13 Å². The molecule has 1 atom stereocenters. The van der Waals surface area contributed by atoms with Crippen LogP contribution in [0.1, 0.15) is 11.6 Å². The van der Waals surface area contributed by atoms with Gasteiger partial charge >= 0.3 is 0 Å². The number of hydrogen-bond donors (Lipinski definition) is 2. The van der Waals surface area contributed by atoms with E-state index >= 15 is 0 Å². The lowest BCUT2D eigenvalue weighted by Crippen LogP contribution is -2.14. The molecule has 0 fully saturated rings. The molecule has 0 aliphatic carbocycles. The second kappa shape index (κ2) is 6.79. The van der Waals surface area contributed by atoms with E-state index in [-0.39, 0.29) is 12.6 Å². The van der Waals surface area contributed by atoms with Gasteiger partial charge in [0, 0.05) is 23.0 Å². The Labute approximate surface area is 152 Å². The number of rotatable bonds is 5. The van der Waals surface area contributed by atoms with Gasteiger partial charge in [0.1, 0.15) is 0 Å². The van der Waals surface area contributed by atoms with Crippen LogP contribution in [0.2, 0.25) is 5.02 Å². The second-order valence-electron chi connectivity index (χ2n) is 5.43.